The fourth-order valence-corrected chi connectivity index (χ4v) is 3.50. The average Bonchev–Trinajstić information content (AvgIpc) is 2.66. The molecule has 146 valence electrons. The molecule has 2 aliphatic rings. The van der Waals surface area contributed by atoms with Crippen LogP contribution in [0.4, 0.5) is 11.5 Å². The summed E-state index contributed by atoms with van der Waals surface area (Å²) >= 11 is 0. The maximum atomic E-state index is 12.2. The zero-order valence-corrected chi connectivity index (χ0v) is 15.9. The van der Waals surface area contributed by atoms with E-state index < -0.39 is 0 Å². The number of ether oxygens (including phenoxy) is 1. The number of pyridine rings is 1. The van der Waals surface area contributed by atoms with Crippen molar-refractivity contribution in [3.05, 3.63) is 53.2 Å². The molecule has 0 atom stereocenters. The fraction of sp³-hybridized carbons (Fsp3) is 0.409. The van der Waals surface area contributed by atoms with Gasteiger partial charge in [-0.1, -0.05) is 24.6 Å². The molecular formula is C22H25N3O3. The number of nitrogens with one attached hydrogen (secondary N) is 2. The molecule has 2 N–H and O–H groups in total. The van der Waals surface area contributed by atoms with Crippen LogP contribution in [0.3, 0.4) is 0 Å². The van der Waals surface area contributed by atoms with Gasteiger partial charge in [-0.05, 0) is 54.5 Å². The van der Waals surface area contributed by atoms with E-state index in [9.17, 15) is 9.59 Å². The van der Waals surface area contributed by atoms with Crippen LogP contribution in [-0.4, -0.2) is 23.4 Å². The number of fused-ring (bicyclic) bond motifs is 1. The van der Waals surface area contributed by atoms with Gasteiger partial charge in [0, 0.05) is 12.3 Å². The highest BCUT2D eigenvalue weighted by atomic mass is 16.5. The SMILES string of the molecule is O=C(CCc1ccc2c(c1)COCC2)Nc1ccc(NC(=O)C2CCC2)cn1. The van der Waals surface area contributed by atoms with Gasteiger partial charge < -0.3 is 15.4 Å². The zero-order chi connectivity index (χ0) is 19.3. The second-order valence-electron chi connectivity index (χ2n) is 7.50. The minimum Gasteiger partial charge on any atom is -0.376 e. The van der Waals surface area contributed by atoms with Crippen molar-refractivity contribution in [1.82, 2.24) is 4.98 Å². The van der Waals surface area contributed by atoms with E-state index in [1.54, 1.807) is 18.3 Å². The normalized spacial score (nSPS) is 16.0. The number of carbonyl (C=O) groups is 2. The summed E-state index contributed by atoms with van der Waals surface area (Å²) in [5.74, 6) is 0.605. The van der Waals surface area contributed by atoms with Gasteiger partial charge in [-0.15, -0.1) is 0 Å². The number of rotatable bonds is 6. The maximum absolute atomic E-state index is 12.2. The van der Waals surface area contributed by atoms with Crippen LogP contribution in [-0.2, 0) is 33.8 Å². The molecule has 0 spiro atoms. The Morgan fingerprint density at radius 1 is 1.11 bits per heavy atom. The van der Waals surface area contributed by atoms with Crippen molar-refractivity contribution >= 4 is 23.3 Å². The van der Waals surface area contributed by atoms with E-state index in [1.807, 2.05) is 0 Å². The lowest BCUT2D eigenvalue weighted by molar-refractivity contribution is -0.122. The molecule has 2 aromatic rings. The number of hydrogen-bond donors (Lipinski definition) is 2. The van der Waals surface area contributed by atoms with Gasteiger partial charge in [-0.25, -0.2) is 4.98 Å². The van der Waals surface area contributed by atoms with Gasteiger partial charge >= 0.3 is 0 Å². The summed E-state index contributed by atoms with van der Waals surface area (Å²) in [5.41, 5.74) is 4.37. The minimum absolute atomic E-state index is 0.0558. The highest BCUT2D eigenvalue weighted by Crippen LogP contribution is 2.27. The first-order valence-electron chi connectivity index (χ1n) is 9.92. The molecule has 6 heteroatoms. The van der Waals surface area contributed by atoms with Crippen molar-refractivity contribution in [3.63, 3.8) is 0 Å². The Morgan fingerprint density at radius 3 is 2.75 bits per heavy atom. The Balaban J connectivity index is 1.26. The van der Waals surface area contributed by atoms with Crippen LogP contribution < -0.4 is 10.6 Å². The number of hydrogen-bond acceptors (Lipinski definition) is 4. The molecule has 1 aliphatic heterocycles. The minimum atomic E-state index is -0.0762. The molecule has 1 fully saturated rings. The third-order valence-electron chi connectivity index (χ3n) is 5.46. The number of carbonyl (C=O) groups excluding carboxylic acids is 2. The van der Waals surface area contributed by atoms with E-state index in [4.69, 9.17) is 4.74 Å². The average molecular weight is 379 g/mol. The number of amides is 2. The van der Waals surface area contributed by atoms with Crippen molar-refractivity contribution in [3.8, 4) is 0 Å². The first kappa shape index (κ1) is 18.6. The van der Waals surface area contributed by atoms with E-state index >= 15 is 0 Å². The van der Waals surface area contributed by atoms with E-state index in [-0.39, 0.29) is 17.7 Å². The molecule has 0 unspecified atom stereocenters. The lowest BCUT2D eigenvalue weighted by Crippen LogP contribution is -2.28. The number of aromatic nitrogens is 1. The van der Waals surface area contributed by atoms with Gasteiger partial charge in [0.15, 0.2) is 0 Å². The van der Waals surface area contributed by atoms with E-state index in [0.29, 0.717) is 31.0 Å². The lowest BCUT2D eigenvalue weighted by atomic mass is 9.85. The molecule has 2 heterocycles. The van der Waals surface area contributed by atoms with Gasteiger partial charge in [0.25, 0.3) is 0 Å². The molecule has 1 aliphatic carbocycles. The van der Waals surface area contributed by atoms with Crippen LogP contribution in [0.2, 0.25) is 0 Å². The topological polar surface area (TPSA) is 80.3 Å². The number of benzene rings is 1. The standard InChI is InChI=1S/C22H25N3O3/c26-21(9-5-15-4-6-16-10-11-28-14-18(16)12-15)25-20-8-7-19(13-23-20)24-22(27)17-2-1-3-17/h4,6-8,12-13,17H,1-3,5,9-11,14H2,(H,24,27)(H,23,25,26). The molecule has 0 saturated heterocycles. The summed E-state index contributed by atoms with van der Waals surface area (Å²) < 4.78 is 5.50. The van der Waals surface area contributed by atoms with Crippen molar-refractivity contribution in [2.45, 2.75) is 45.1 Å². The van der Waals surface area contributed by atoms with Crippen LogP contribution >= 0.6 is 0 Å². The molecule has 4 rings (SSSR count). The molecule has 1 aromatic heterocycles. The Morgan fingerprint density at radius 2 is 2.00 bits per heavy atom. The predicted molar refractivity (Wildman–Crippen MR) is 107 cm³/mol. The first-order valence-corrected chi connectivity index (χ1v) is 9.92. The molecular weight excluding hydrogens is 354 g/mol. The van der Waals surface area contributed by atoms with Crippen molar-refractivity contribution < 1.29 is 14.3 Å². The molecule has 28 heavy (non-hydrogen) atoms. The van der Waals surface area contributed by atoms with Crippen LogP contribution in [0.25, 0.3) is 0 Å². The molecule has 6 nitrogen and oxygen atoms in total. The van der Waals surface area contributed by atoms with E-state index in [1.165, 1.54) is 11.1 Å². The smallest absolute Gasteiger partial charge is 0.227 e. The quantitative estimate of drug-likeness (QED) is 0.805. The van der Waals surface area contributed by atoms with Crippen LogP contribution in [0.1, 0.15) is 42.4 Å². The Kier molecular flexibility index (Phi) is 5.67. The second-order valence-corrected chi connectivity index (χ2v) is 7.50. The van der Waals surface area contributed by atoms with Gasteiger partial charge in [-0.3, -0.25) is 9.59 Å². The Bertz CT molecular complexity index is 860. The van der Waals surface area contributed by atoms with Gasteiger partial charge in [0.2, 0.25) is 11.8 Å². The maximum Gasteiger partial charge on any atom is 0.227 e. The molecule has 1 aromatic carbocycles. The summed E-state index contributed by atoms with van der Waals surface area (Å²) in [7, 11) is 0. The predicted octanol–water partition coefficient (Wildman–Crippen LogP) is 3.46. The highest BCUT2D eigenvalue weighted by Gasteiger charge is 2.25. The molecule has 1 saturated carbocycles. The summed E-state index contributed by atoms with van der Waals surface area (Å²) in [6, 6.07) is 9.85. The summed E-state index contributed by atoms with van der Waals surface area (Å²) in [6.07, 6.45) is 6.65. The third-order valence-corrected chi connectivity index (χ3v) is 5.46. The highest BCUT2D eigenvalue weighted by molar-refractivity contribution is 5.93. The lowest BCUT2D eigenvalue weighted by Gasteiger charge is -2.23. The van der Waals surface area contributed by atoms with Gasteiger partial charge in [0.05, 0.1) is 25.1 Å². The molecule has 0 bridgehead atoms. The molecule has 0 radical (unpaired) electrons. The first-order chi connectivity index (χ1) is 13.7. The Hall–Kier alpha value is -2.73. The summed E-state index contributed by atoms with van der Waals surface area (Å²) in [6.45, 7) is 1.44. The molecule has 2 amide bonds. The van der Waals surface area contributed by atoms with Gasteiger partial charge in [0.1, 0.15) is 5.82 Å². The fourth-order valence-electron chi connectivity index (χ4n) is 3.50. The zero-order valence-electron chi connectivity index (χ0n) is 15.9. The largest absolute Gasteiger partial charge is 0.376 e. The summed E-state index contributed by atoms with van der Waals surface area (Å²) in [4.78, 5) is 28.4. The third kappa shape index (κ3) is 4.57. The van der Waals surface area contributed by atoms with Crippen LogP contribution in [0.5, 0.6) is 0 Å². The van der Waals surface area contributed by atoms with Crippen LogP contribution in [0.15, 0.2) is 36.5 Å². The van der Waals surface area contributed by atoms with Crippen molar-refractivity contribution in [2.75, 3.05) is 17.2 Å². The van der Waals surface area contributed by atoms with E-state index in [0.717, 1.165) is 37.9 Å². The summed E-state index contributed by atoms with van der Waals surface area (Å²) in [5, 5.41) is 5.68. The van der Waals surface area contributed by atoms with Crippen molar-refractivity contribution in [2.24, 2.45) is 5.92 Å². The Labute approximate surface area is 164 Å². The number of aryl methyl sites for hydroxylation is 1. The monoisotopic (exact) mass is 379 g/mol. The number of nitrogens with zero attached hydrogens (tertiary/aromatic N) is 1. The second kappa shape index (κ2) is 8.52. The number of anilines is 2. The van der Waals surface area contributed by atoms with Crippen LogP contribution in [0, 0.1) is 5.92 Å². The van der Waals surface area contributed by atoms with E-state index in [2.05, 4.69) is 33.8 Å². The van der Waals surface area contributed by atoms with Gasteiger partial charge in [-0.2, -0.15) is 0 Å². The van der Waals surface area contributed by atoms with Crippen molar-refractivity contribution in [1.29, 1.82) is 0 Å².